The molecule has 17 nitrogen and oxygen atoms in total. The number of fused-ring (bicyclic) bond motifs is 3. The molecule has 2 atom stereocenters. The highest BCUT2D eigenvalue weighted by molar-refractivity contribution is 7.78. The van der Waals surface area contributed by atoms with Crippen molar-refractivity contribution in [3.8, 4) is 17.2 Å². The minimum absolute atomic E-state index is 0.0280. The van der Waals surface area contributed by atoms with Crippen LogP contribution in [0, 0.1) is 0 Å². The number of nitrogens with two attached hydrogens (primary N) is 2. The molecule has 0 radical (unpaired) electrons. The lowest BCUT2D eigenvalue weighted by Crippen LogP contribution is -2.76. The maximum absolute atomic E-state index is 14.5. The minimum atomic E-state index is -1.63. The molecule has 0 saturated heterocycles. The van der Waals surface area contributed by atoms with Gasteiger partial charge in [0.05, 0.1) is 16.4 Å². The number of isothiocyanates is 1. The Kier molecular flexibility index (Phi) is 13.0. The van der Waals surface area contributed by atoms with E-state index in [0.717, 1.165) is 5.12 Å². The molecule has 18 heteroatoms. The molecule has 11 N–H and O–H groups in total. The van der Waals surface area contributed by atoms with E-state index < -0.39 is 29.4 Å². The second-order valence-corrected chi connectivity index (χ2v) is 14.4. The maximum Gasteiger partial charge on any atom is 0.285 e. The Labute approximate surface area is 359 Å². The second kappa shape index (κ2) is 18.9. The van der Waals surface area contributed by atoms with Crippen LogP contribution in [0.4, 0.5) is 5.69 Å². The van der Waals surface area contributed by atoms with Gasteiger partial charge in [-0.3, -0.25) is 30.6 Å². The van der Waals surface area contributed by atoms with Gasteiger partial charge in [0, 0.05) is 29.2 Å². The summed E-state index contributed by atoms with van der Waals surface area (Å²) in [5.41, 5.74) is 17.8. The molecule has 0 saturated carbocycles. The van der Waals surface area contributed by atoms with Gasteiger partial charge in [0.15, 0.2) is 0 Å². The molecule has 314 valence electrons. The fraction of sp³-hybridized carbons (Fsp3) is 0.159. The summed E-state index contributed by atoms with van der Waals surface area (Å²) in [6.07, 6.45) is -1.26. The standard InChI is InChI=1S/C44H41N11O6S/c45-21-20-44(24-26-10-15-30(16-11-26)48-25-62,43(47-23-22-46)52-40(59)31-17-12-27-4-1-7-34(56)37(27)49-31)55(53-41(60)32-18-13-28-5-2-8-35(57)38(28)50-32)54-42(61)33-19-14-29-6-3-9-36(58)39(29)51-33/h1-19,43,47,56-58H,20-24,45-46H2,(H,52,59)(H,53,60)(H,54,61). The highest BCUT2D eigenvalue weighted by Crippen LogP contribution is 2.30. The first-order chi connectivity index (χ1) is 30.0. The summed E-state index contributed by atoms with van der Waals surface area (Å²) < 4.78 is 0. The molecule has 0 spiro atoms. The smallest absolute Gasteiger partial charge is 0.285 e. The van der Waals surface area contributed by atoms with Crippen molar-refractivity contribution in [2.45, 2.75) is 24.5 Å². The molecule has 2 unspecified atom stereocenters. The number of hydrogen-bond acceptors (Lipinski definition) is 15. The average molecular weight is 852 g/mol. The Bertz CT molecular complexity index is 2760. The summed E-state index contributed by atoms with van der Waals surface area (Å²) in [6.45, 7) is 0.169. The molecule has 3 heterocycles. The number of pyridine rings is 3. The van der Waals surface area contributed by atoms with Crippen LogP contribution < -0.4 is 33.0 Å². The zero-order valence-electron chi connectivity index (χ0n) is 32.9. The first-order valence-corrected chi connectivity index (χ1v) is 19.7. The summed E-state index contributed by atoms with van der Waals surface area (Å²) in [5, 5.41) is 43.4. The zero-order chi connectivity index (χ0) is 43.8. The van der Waals surface area contributed by atoms with E-state index in [1.807, 2.05) is 0 Å². The summed E-state index contributed by atoms with van der Waals surface area (Å²) in [6, 6.07) is 30.7. The number of aliphatic imine (C=N–C) groups is 1. The van der Waals surface area contributed by atoms with Crippen molar-refractivity contribution in [1.82, 2.24) is 41.6 Å². The topological polar surface area (TPSA) is 266 Å². The van der Waals surface area contributed by atoms with E-state index in [-0.39, 0.29) is 83.4 Å². The molecule has 0 fully saturated rings. The molecule has 0 bridgehead atoms. The maximum atomic E-state index is 14.5. The minimum Gasteiger partial charge on any atom is -0.506 e. The lowest BCUT2D eigenvalue weighted by molar-refractivity contribution is -0.0383. The van der Waals surface area contributed by atoms with Crippen LogP contribution >= 0.6 is 12.2 Å². The van der Waals surface area contributed by atoms with Gasteiger partial charge in [0.1, 0.15) is 57.0 Å². The number of amides is 3. The van der Waals surface area contributed by atoms with Crippen LogP contribution in [0.3, 0.4) is 0 Å². The van der Waals surface area contributed by atoms with Gasteiger partial charge in [-0.25, -0.2) is 15.0 Å². The number of hydrazine groups is 2. The van der Waals surface area contributed by atoms with Gasteiger partial charge < -0.3 is 32.1 Å². The third kappa shape index (κ3) is 9.15. The van der Waals surface area contributed by atoms with E-state index in [4.69, 9.17) is 23.7 Å². The Morgan fingerprint density at radius 3 is 1.56 bits per heavy atom. The fourth-order valence-electron chi connectivity index (χ4n) is 7.15. The van der Waals surface area contributed by atoms with E-state index in [2.05, 4.69) is 46.6 Å². The van der Waals surface area contributed by atoms with Gasteiger partial charge in [0.2, 0.25) is 0 Å². The van der Waals surface area contributed by atoms with Crippen molar-refractivity contribution < 1.29 is 29.7 Å². The van der Waals surface area contributed by atoms with Gasteiger partial charge in [0.25, 0.3) is 17.7 Å². The number of carbonyl (C=O) groups excluding carboxylic acids is 3. The van der Waals surface area contributed by atoms with Gasteiger partial charge in [-0.1, -0.05) is 66.7 Å². The Morgan fingerprint density at radius 2 is 1.13 bits per heavy atom. The number of phenols is 3. The first-order valence-electron chi connectivity index (χ1n) is 19.3. The van der Waals surface area contributed by atoms with E-state index in [1.165, 1.54) is 36.4 Å². The monoisotopic (exact) mass is 851 g/mol. The number of benzene rings is 4. The number of carbonyl (C=O) groups is 3. The van der Waals surface area contributed by atoms with Crippen molar-refractivity contribution in [3.05, 3.63) is 138 Å². The number of hydrogen-bond donors (Lipinski definition) is 9. The summed E-state index contributed by atoms with van der Waals surface area (Å²) in [4.78, 5) is 60.7. The third-order valence-corrected chi connectivity index (χ3v) is 10.3. The number of rotatable bonds is 16. The van der Waals surface area contributed by atoms with Crippen LogP contribution in [0.25, 0.3) is 32.7 Å². The predicted octanol–water partition coefficient (Wildman–Crippen LogP) is 4.11. The van der Waals surface area contributed by atoms with Crippen molar-refractivity contribution in [1.29, 1.82) is 0 Å². The van der Waals surface area contributed by atoms with E-state index >= 15 is 0 Å². The van der Waals surface area contributed by atoms with Crippen molar-refractivity contribution in [2.75, 3.05) is 19.6 Å². The van der Waals surface area contributed by atoms with Crippen molar-refractivity contribution in [3.63, 3.8) is 0 Å². The number of para-hydroxylation sites is 3. The number of thiocarbonyl (C=S) groups is 1. The quantitative estimate of drug-likeness (QED) is 0.0287. The molecule has 4 aromatic carbocycles. The Morgan fingerprint density at radius 1 is 0.661 bits per heavy atom. The Balaban J connectivity index is 1.39. The molecule has 0 aliphatic rings. The zero-order valence-corrected chi connectivity index (χ0v) is 33.8. The molecule has 62 heavy (non-hydrogen) atoms. The van der Waals surface area contributed by atoms with Crippen LogP contribution in [0.5, 0.6) is 17.2 Å². The summed E-state index contributed by atoms with van der Waals surface area (Å²) in [5.74, 6) is -2.76. The number of nitrogens with one attached hydrogen (secondary N) is 4. The Hall–Kier alpha value is -7.44. The largest absolute Gasteiger partial charge is 0.506 e. The summed E-state index contributed by atoms with van der Waals surface area (Å²) >= 11 is 4.81. The van der Waals surface area contributed by atoms with E-state index in [0.29, 0.717) is 27.4 Å². The number of aromatic nitrogens is 3. The molecule has 3 amide bonds. The van der Waals surface area contributed by atoms with E-state index in [1.54, 1.807) is 78.9 Å². The molecule has 7 aromatic rings. The second-order valence-electron chi connectivity index (χ2n) is 14.2. The highest BCUT2D eigenvalue weighted by atomic mass is 32.1. The first kappa shape index (κ1) is 42.7. The number of phenolic OH excluding ortho intramolecular Hbond substituents is 3. The molecular weight excluding hydrogens is 811 g/mol. The lowest BCUT2D eigenvalue weighted by atomic mass is 9.83. The van der Waals surface area contributed by atoms with Gasteiger partial charge in [-0.2, -0.15) is 4.99 Å². The number of nitrogens with zero attached hydrogens (tertiary/aromatic N) is 5. The molecule has 0 aliphatic carbocycles. The fourth-order valence-corrected chi connectivity index (χ4v) is 7.25. The lowest BCUT2D eigenvalue weighted by Gasteiger charge is -2.48. The highest BCUT2D eigenvalue weighted by Gasteiger charge is 2.47. The van der Waals surface area contributed by atoms with Gasteiger partial charge in [-0.15, -0.1) is 5.12 Å². The summed E-state index contributed by atoms with van der Waals surface area (Å²) in [7, 11) is 0. The molecule has 7 rings (SSSR count). The van der Waals surface area contributed by atoms with E-state index in [9.17, 15) is 29.7 Å². The van der Waals surface area contributed by atoms with Crippen LogP contribution in [0.2, 0.25) is 0 Å². The van der Waals surface area contributed by atoms with Gasteiger partial charge >= 0.3 is 0 Å². The van der Waals surface area contributed by atoms with Crippen molar-refractivity contribution in [2.24, 2.45) is 16.5 Å². The van der Waals surface area contributed by atoms with Crippen LogP contribution in [-0.4, -0.2) is 89.6 Å². The number of aromatic hydroxyl groups is 3. The molecular formula is C44H41N11O6S. The third-order valence-electron chi connectivity index (χ3n) is 10.2. The van der Waals surface area contributed by atoms with Crippen molar-refractivity contribution >= 4 is 73.5 Å². The molecule has 3 aromatic heterocycles. The van der Waals surface area contributed by atoms with Crippen LogP contribution in [0.1, 0.15) is 43.4 Å². The normalized spacial score (nSPS) is 12.7. The molecule has 0 aliphatic heterocycles. The van der Waals surface area contributed by atoms with Crippen LogP contribution in [-0.2, 0) is 6.42 Å². The van der Waals surface area contributed by atoms with Crippen LogP contribution in [0.15, 0.2) is 120 Å². The van der Waals surface area contributed by atoms with Gasteiger partial charge in [-0.05, 0) is 85.7 Å². The predicted molar refractivity (Wildman–Crippen MR) is 237 cm³/mol. The average Bonchev–Trinajstić information content (AvgIpc) is 3.28. The SMILES string of the molecule is NCCNC(NC(=O)c1ccc2cccc(O)c2n1)C(CCN)(Cc1ccc(N=C=S)cc1)N(NC(=O)c1ccc2cccc(O)c2n1)NC(=O)c1ccc2cccc(O)c2n1.